The van der Waals surface area contributed by atoms with Crippen molar-refractivity contribution < 1.29 is 20.1 Å². The zero-order valence-electron chi connectivity index (χ0n) is 22.4. The van der Waals surface area contributed by atoms with Crippen LogP contribution in [-0.4, -0.2) is 15.0 Å². The molecular formula is C34H31IrN3-2. The second-order valence-corrected chi connectivity index (χ2v) is 10.5. The molecule has 0 unspecified atom stereocenters. The van der Waals surface area contributed by atoms with Crippen LogP contribution in [0.4, 0.5) is 0 Å². The molecular weight excluding hydrogens is 643 g/mol. The first-order valence-corrected chi connectivity index (χ1v) is 12.6. The van der Waals surface area contributed by atoms with E-state index < -0.39 is 0 Å². The summed E-state index contributed by atoms with van der Waals surface area (Å²) in [6.45, 7) is 11.2. The standard InChI is InChI=1S/C22H21N2.C12H10N.Ir/c1-21(2)18-11-10-15(19-9-5-6-12-23-19)14-17(18)16-8-7-13-24-20(16)22(21,3)4;1-10-6-5-9-13-12(10)11-7-3-2-4-8-11;/h5-9,11-14H,1-4H3;2-7,9H,1H3;/q2*-1;. The molecule has 0 amide bonds. The van der Waals surface area contributed by atoms with Gasteiger partial charge in [0, 0.05) is 44.1 Å². The van der Waals surface area contributed by atoms with Gasteiger partial charge >= 0.3 is 0 Å². The number of nitrogens with zero attached hydrogens (tertiary/aromatic N) is 3. The molecule has 0 bridgehead atoms. The van der Waals surface area contributed by atoms with Gasteiger partial charge in [0.1, 0.15) is 0 Å². The molecule has 3 heterocycles. The summed E-state index contributed by atoms with van der Waals surface area (Å²) in [5.41, 5.74) is 10.1. The van der Waals surface area contributed by atoms with E-state index in [-0.39, 0.29) is 30.9 Å². The molecule has 0 spiro atoms. The Labute approximate surface area is 239 Å². The summed E-state index contributed by atoms with van der Waals surface area (Å²) in [4.78, 5) is 13.5. The van der Waals surface area contributed by atoms with Gasteiger partial charge in [-0.2, -0.15) is 0 Å². The maximum atomic E-state index is 4.74. The Morgan fingerprint density at radius 1 is 0.658 bits per heavy atom. The molecule has 38 heavy (non-hydrogen) atoms. The molecule has 2 aromatic carbocycles. The third kappa shape index (κ3) is 4.99. The zero-order chi connectivity index (χ0) is 26.0. The van der Waals surface area contributed by atoms with Crippen LogP contribution >= 0.6 is 0 Å². The minimum absolute atomic E-state index is 0. The second-order valence-electron chi connectivity index (χ2n) is 10.5. The Hall–Kier alpha value is -3.46. The van der Waals surface area contributed by atoms with Gasteiger partial charge in [-0.25, -0.2) is 0 Å². The summed E-state index contributed by atoms with van der Waals surface area (Å²) in [7, 11) is 0. The van der Waals surface area contributed by atoms with Crippen LogP contribution in [0.1, 0.15) is 44.5 Å². The molecule has 193 valence electrons. The normalized spacial score (nSPS) is 14.1. The summed E-state index contributed by atoms with van der Waals surface area (Å²) in [5, 5.41) is 0. The Morgan fingerprint density at radius 3 is 2.11 bits per heavy atom. The monoisotopic (exact) mass is 674 g/mol. The van der Waals surface area contributed by atoms with Crippen LogP contribution in [0.15, 0.2) is 97.5 Å². The van der Waals surface area contributed by atoms with E-state index in [4.69, 9.17) is 4.98 Å². The molecule has 0 N–H and O–H groups in total. The molecule has 3 aromatic heterocycles. The number of benzene rings is 2. The van der Waals surface area contributed by atoms with E-state index in [1.54, 1.807) is 0 Å². The van der Waals surface area contributed by atoms with E-state index in [0.29, 0.717) is 0 Å². The van der Waals surface area contributed by atoms with Crippen LogP contribution in [0.25, 0.3) is 33.6 Å². The van der Waals surface area contributed by atoms with Crippen molar-refractivity contribution >= 4 is 0 Å². The molecule has 0 atom stereocenters. The summed E-state index contributed by atoms with van der Waals surface area (Å²) in [6, 6.07) is 33.1. The van der Waals surface area contributed by atoms with Crippen LogP contribution in [0.2, 0.25) is 0 Å². The van der Waals surface area contributed by atoms with Gasteiger partial charge in [-0.15, -0.1) is 65.2 Å². The average molecular weight is 674 g/mol. The van der Waals surface area contributed by atoms with E-state index in [9.17, 15) is 0 Å². The molecule has 0 aliphatic heterocycles. The maximum Gasteiger partial charge on any atom is 0.0522 e. The summed E-state index contributed by atoms with van der Waals surface area (Å²) in [6.07, 6.45) is 5.53. The first-order chi connectivity index (χ1) is 17.8. The van der Waals surface area contributed by atoms with Crippen molar-refractivity contribution in [2.45, 2.75) is 45.4 Å². The second kappa shape index (κ2) is 11.1. The molecule has 6 rings (SSSR count). The predicted octanol–water partition coefficient (Wildman–Crippen LogP) is 8.03. The first-order valence-electron chi connectivity index (χ1n) is 12.6. The van der Waals surface area contributed by atoms with Gasteiger partial charge in [0.05, 0.1) is 5.69 Å². The number of hydrogen-bond acceptors (Lipinski definition) is 3. The van der Waals surface area contributed by atoms with Crippen molar-refractivity contribution in [2.75, 3.05) is 0 Å². The topological polar surface area (TPSA) is 38.7 Å². The number of pyridine rings is 3. The fourth-order valence-electron chi connectivity index (χ4n) is 4.96. The van der Waals surface area contributed by atoms with Crippen molar-refractivity contribution in [1.29, 1.82) is 0 Å². The van der Waals surface area contributed by atoms with Crippen molar-refractivity contribution in [3.8, 4) is 33.6 Å². The third-order valence-electron chi connectivity index (χ3n) is 7.79. The summed E-state index contributed by atoms with van der Waals surface area (Å²) >= 11 is 0. The number of hydrogen-bond donors (Lipinski definition) is 0. The van der Waals surface area contributed by atoms with Gasteiger partial charge in [-0.1, -0.05) is 63.1 Å². The van der Waals surface area contributed by atoms with Crippen LogP contribution in [0, 0.1) is 19.1 Å². The molecule has 0 fully saturated rings. The number of fused-ring (bicyclic) bond motifs is 3. The third-order valence-corrected chi connectivity index (χ3v) is 7.79. The Morgan fingerprint density at radius 2 is 1.39 bits per heavy atom. The van der Waals surface area contributed by atoms with Crippen LogP contribution < -0.4 is 0 Å². The molecule has 5 aromatic rings. The Kier molecular flexibility index (Phi) is 8.06. The van der Waals surface area contributed by atoms with Crippen LogP contribution in [0.5, 0.6) is 0 Å². The quantitative estimate of drug-likeness (QED) is 0.178. The Bertz CT molecular complexity index is 1530. The van der Waals surface area contributed by atoms with Gasteiger partial charge < -0.3 is 9.97 Å². The molecule has 1 radical (unpaired) electrons. The fraction of sp³-hybridized carbons (Fsp3) is 0.206. The zero-order valence-corrected chi connectivity index (χ0v) is 24.8. The predicted molar refractivity (Wildman–Crippen MR) is 151 cm³/mol. The summed E-state index contributed by atoms with van der Waals surface area (Å²) in [5.74, 6) is 0. The van der Waals surface area contributed by atoms with Gasteiger partial charge in [0.25, 0.3) is 0 Å². The van der Waals surface area contributed by atoms with E-state index in [0.717, 1.165) is 22.5 Å². The molecule has 3 nitrogen and oxygen atoms in total. The van der Waals surface area contributed by atoms with E-state index in [1.807, 2.05) is 73.2 Å². The maximum absolute atomic E-state index is 4.74. The van der Waals surface area contributed by atoms with Gasteiger partial charge in [-0.05, 0) is 47.5 Å². The van der Waals surface area contributed by atoms with Crippen molar-refractivity contribution in [3.63, 3.8) is 0 Å². The van der Waals surface area contributed by atoms with Crippen LogP contribution in [-0.2, 0) is 30.9 Å². The number of aryl methyl sites for hydroxylation is 1. The van der Waals surface area contributed by atoms with Crippen molar-refractivity contribution in [2.24, 2.45) is 0 Å². The number of rotatable bonds is 2. The SMILES string of the molecule is CC1(C)c2c[c-]c(-c3ccccn3)cc2-c2cccnc2C1(C)C.Cc1cccnc1-c1[c-]cccc1.[Ir]. The van der Waals surface area contributed by atoms with E-state index in [1.165, 1.54) is 27.9 Å². The van der Waals surface area contributed by atoms with Crippen LogP contribution in [0.3, 0.4) is 0 Å². The van der Waals surface area contributed by atoms with Gasteiger partial charge in [-0.3, -0.25) is 4.98 Å². The summed E-state index contributed by atoms with van der Waals surface area (Å²) < 4.78 is 0. The van der Waals surface area contributed by atoms with E-state index in [2.05, 4.69) is 81.0 Å². The first kappa shape index (κ1) is 27.6. The Balaban J connectivity index is 0.000000204. The van der Waals surface area contributed by atoms with Gasteiger partial charge in [0.2, 0.25) is 0 Å². The van der Waals surface area contributed by atoms with Crippen molar-refractivity contribution in [1.82, 2.24) is 15.0 Å². The largest absolute Gasteiger partial charge is 0.305 e. The molecule has 0 saturated carbocycles. The smallest absolute Gasteiger partial charge is 0.0522 e. The molecule has 4 heteroatoms. The average Bonchev–Trinajstić information content (AvgIpc) is 2.93. The molecule has 0 saturated heterocycles. The fourth-order valence-corrected chi connectivity index (χ4v) is 4.96. The minimum Gasteiger partial charge on any atom is -0.305 e. The van der Waals surface area contributed by atoms with Crippen molar-refractivity contribution in [3.05, 3.63) is 126 Å². The molecule has 1 aliphatic rings. The van der Waals surface area contributed by atoms with Gasteiger partial charge in [0.15, 0.2) is 0 Å². The van der Waals surface area contributed by atoms with E-state index >= 15 is 0 Å². The molecule has 1 aliphatic carbocycles. The minimum atomic E-state index is -0.0447. The number of aromatic nitrogens is 3.